The molecular weight excluding hydrogens is 351 g/mol. The molecule has 0 unspecified atom stereocenters. The van der Waals surface area contributed by atoms with Crippen LogP contribution in [0.4, 0.5) is 10.3 Å². The second-order valence-corrected chi connectivity index (χ2v) is 6.74. The third-order valence-corrected chi connectivity index (χ3v) is 4.14. The SMILES string of the molecule is CC(C)Cn1c(N/N=C\c2ccc(F)cc2)nc2c1c(=O)n(C)c(=O)n2C. The highest BCUT2D eigenvalue weighted by atomic mass is 19.1. The highest BCUT2D eigenvalue weighted by Crippen LogP contribution is 2.17. The Hall–Kier alpha value is -3.23. The van der Waals surface area contributed by atoms with Gasteiger partial charge in [0.15, 0.2) is 11.2 Å². The fourth-order valence-electron chi connectivity index (χ4n) is 2.79. The van der Waals surface area contributed by atoms with Crippen molar-refractivity contribution in [1.29, 1.82) is 0 Å². The molecule has 3 rings (SSSR count). The summed E-state index contributed by atoms with van der Waals surface area (Å²) < 4.78 is 17.1. The van der Waals surface area contributed by atoms with Crippen molar-refractivity contribution in [2.24, 2.45) is 25.1 Å². The van der Waals surface area contributed by atoms with Crippen molar-refractivity contribution in [2.45, 2.75) is 20.4 Å². The third kappa shape index (κ3) is 3.53. The Balaban J connectivity index is 2.07. The lowest BCUT2D eigenvalue weighted by Crippen LogP contribution is -2.37. The Labute approximate surface area is 154 Å². The van der Waals surface area contributed by atoms with E-state index in [1.807, 2.05) is 13.8 Å². The summed E-state index contributed by atoms with van der Waals surface area (Å²) in [5.41, 5.74) is 3.32. The highest BCUT2D eigenvalue weighted by Gasteiger charge is 2.19. The number of nitrogens with one attached hydrogen (secondary N) is 1. The number of hydrazone groups is 1. The van der Waals surface area contributed by atoms with Crippen LogP contribution in [-0.2, 0) is 20.6 Å². The number of fused-ring (bicyclic) bond motifs is 1. The summed E-state index contributed by atoms with van der Waals surface area (Å²) in [6.45, 7) is 4.56. The first kappa shape index (κ1) is 18.6. The van der Waals surface area contributed by atoms with Gasteiger partial charge in [-0.05, 0) is 23.6 Å². The van der Waals surface area contributed by atoms with E-state index >= 15 is 0 Å². The first-order valence-corrected chi connectivity index (χ1v) is 8.50. The van der Waals surface area contributed by atoms with Crippen molar-refractivity contribution in [3.05, 3.63) is 56.5 Å². The zero-order valence-corrected chi connectivity index (χ0v) is 15.6. The van der Waals surface area contributed by atoms with Crippen molar-refractivity contribution in [1.82, 2.24) is 18.7 Å². The molecule has 1 N–H and O–H groups in total. The van der Waals surface area contributed by atoms with E-state index in [0.717, 1.165) is 4.57 Å². The predicted octanol–water partition coefficient (Wildman–Crippen LogP) is 1.67. The average molecular weight is 372 g/mol. The van der Waals surface area contributed by atoms with Gasteiger partial charge in [-0.2, -0.15) is 10.1 Å². The van der Waals surface area contributed by atoms with Gasteiger partial charge >= 0.3 is 5.69 Å². The summed E-state index contributed by atoms with van der Waals surface area (Å²) >= 11 is 0. The number of hydrogen-bond acceptors (Lipinski definition) is 5. The maximum Gasteiger partial charge on any atom is 0.332 e. The molecule has 2 heterocycles. The normalized spacial score (nSPS) is 11.8. The standard InChI is InChI=1S/C18H21FN6O2/c1-11(2)10-25-14-15(23(3)18(27)24(4)16(14)26)21-17(25)22-20-9-12-5-7-13(19)8-6-12/h5-9,11H,10H2,1-4H3,(H,21,22)/b20-9-. The number of imidazole rings is 1. The van der Waals surface area contributed by atoms with Gasteiger partial charge in [0, 0.05) is 20.6 Å². The average Bonchev–Trinajstić information content (AvgIpc) is 2.98. The van der Waals surface area contributed by atoms with E-state index in [4.69, 9.17) is 0 Å². The van der Waals surface area contributed by atoms with Crippen LogP contribution in [0.2, 0.25) is 0 Å². The van der Waals surface area contributed by atoms with Crippen molar-refractivity contribution in [3.63, 3.8) is 0 Å². The molecule has 3 aromatic rings. The molecule has 0 aliphatic heterocycles. The zero-order valence-electron chi connectivity index (χ0n) is 15.6. The van der Waals surface area contributed by atoms with Gasteiger partial charge in [0.1, 0.15) is 5.82 Å². The lowest BCUT2D eigenvalue weighted by atomic mass is 10.2. The molecule has 0 bridgehead atoms. The van der Waals surface area contributed by atoms with Crippen LogP contribution in [0.5, 0.6) is 0 Å². The number of rotatable bonds is 5. The molecule has 0 amide bonds. The predicted molar refractivity (Wildman–Crippen MR) is 103 cm³/mol. The Morgan fingerprint density at radius 1 is 1.19 bits per heavy atom. The lowest BCUT2D eigenvalue weighted by Gasteiger charge is -2.11. The van der Waals surface area contributed by atoms with E-state index in [2.05, 4.69) is 15.5 Å². The first-order chi connectivity index (χ1) is 12.8. The number of halogens is 1. The second-order valence-electron chi connectivity index (χ2n) is 6.74. The maximum atomic E-state index is 13.0. The van der Waals surface area contributed by atoms with Crippen LogP contribution in [0, 0.1) is 11.7 Å². The minimum absolute atomic E-state index is 0.242. The number of aromatic nitrogens is 4. The lowest BCUT2D eigenvalue weighted by molar-refractivity contribution is 0.534. The molecule has 0 aliphatic rings. The van der Waals surface area contributed by atoms with Gasteiger partial charge in [-0.1, -0.05) is 26.0 Å². The molecule has 8 nitrogen and oxygen atoms in total. The molecule has 142 valence electrons. The molecular formula is C18H21FN6O2. The van der Waals surface area contributed by atoms with Crippen LogP contribution in [0.3, 0.4) is 0 Å². The molecule has 0 radical (unpaired) electrons. The smallest absolute Gasteiger partial charge is 0.303 e. The van der Waals surface area contributed by atoms with E-state index in [-0.39, 0.29) is 11.7 Å². The topological polar surface area (TPSA) is 86.2 Å². The van der Waals surface area contributed by atoms with Gasteiger partial charge in [0.05, 0.1) is 6.21 Å². The van der Waals surface area contributed by atoms with Gasteiger partial charge in [-0.25, -0.2) is 14.6 Å². The molecule has 0 fully saturated rings. The summed E-state index contributed by atoms with van der Waals surface area (Å²) in [7, 11) is 3.01. The number of aryl methyl sites for hydroxylation is 1. The summed E-state index contributed by atoms with van der Waals surface area (Å²) in [6, 6.07) is 5.87. The van der Waals surface area contributed by atoms with Gasteiger partial charge in [-0.15, -0.1) is 0 Å². The van der Waals surface area contributed by atoms with Crippen LogP contribution >= 0.6 is 0 Å². The van der Waals surface area contributed by atoms with Crippen molar-refractivity contribution < 1.29 is 4.39 Å². The summed E-state index contributed by atoms with van der Waals surface area (Å²) in [4.78, 5) is 29.2. The Kier molecular flexibility index (Phi) is 4.93. The van der Waals surface area contributed by atoms with E-state index in [1.54, 1.807) is 23.7 Å². The minimum Gasteiger partial charge on any atom is -0.303 e. The van der Waals surface area contributed by atoms with Gasteiger partial charge in [0.25, 0.3) is 5.56 Å². The van der Waals surface area contributed by atoms with E-state index in [9.17, 15) is 14.0 Å². The third-order valence-electron chi connectivity index (χ3n) is 4.14. The molecule has 0 atom stereocenters. The number of hydrogen-bond donors (Lipinski definition) is 1. The summed E-state index contributed by atoms with van der Waals surface area (Å²) in [5, 5.41) is 4.13. The van der Waals surface area contributed by atoms with E-state index in [1.165, 1.54) is 30.0 Å². The highest BCUT2D eigenvalue weighted by molar-refractivity contribution is 5.80. The molecule has 2 aromatic heterocycles. The van der Waals surface area contributed by atoms with E-state index < -0.39 is 11.2 Å². The van der Waals surface area contributed by atoms with Gasteiger partial charge in [-0.3, -0.25) is 13.9 Å². The van der Waals surface area contributed by atoms with Crippen molar-refractivity contribution in [3.8, 4) is 0 Å². The monoisotopic (exact) mass is 372 g/mol. The molecule has 27 heavy (non-hydrogen) atoms. The minimum atomic E-state index is -0.442. The second kappa shape index (κ2) is 7.18. The van der Waals surface area contributed by atoms with Crippen LogP contribution in [0.25, 0.3) is 11.2 Å². The van der Waals surface area contributed by atoms with Gasteiger partial charge in [0.2, 0.25) is 5.95 Å². The number of nitrogens with zero attached hydrogens (tertiary/aromatic N) is 5. The Bertz CT molecular complexity index is 1120. The fourth-order valence-corrected chi connectivity index (χ4v) is 2.79. The maximum absolute atomic E-state index is 13.0. The largest absolute Gasteiger partial charge is 0.332 e. The zero-order chi connectivity index (χ0) is 19.7. The van der Waals surface area contributed by atoms with Crippen molar-refractivity contribution >= 4 is 23.3 Å². The number of anilines is 1. The first-order valence-electron chi connectivity index (χ1n) is 8.50. The number of benzene rings is 1. The Morgan fingerprint density at radius 3 is 2.48 bits per heavy atom. The molecule has 9 heteroatoms. The molecule has 0 spiro atoms. The molecule has 0 saturated heterocycles. The van der Waals surface area contributed by atoms with E-state index in [0.29, 0.717) is 29.2 Å². The molecule has 0 saturated carbocycles. The molecule has 0 aliphatic carbocycles. The van der Waals surface area contributed by atoms with Gasteiger partial charge < -0.3 is 4.57 Å². The van der Waals surface area contributed by atoms with Crippen LogP contribution in [-0.4, -0.2) is 24.9 Å². The quantitative estimate of drug-likeness (QED) is 0.545. The summed E-state index contributed by atoms with van der Waals surface area (Å²) in [5.74, 6) is 0.275. The van der Waals surface area contributed by atoms with Crippen LogP contribution in [0.1, 0.15) is 19.4 Å². The fraction of sp³-hybridized carbons (Fsp3) is 0.333. The van der Waals surface area contributed by atoms with Crippen molar-refractivity contribution in [2.75, 3.05) is 5.43 Å². The molecule has 1 aromatic carbocycles. The van der Waals surface area contributed by atoms with Crippen LogP contribution in [0.15, 0.2) is 39.0 Å². The summed E-state index contributed by atoms with van der Waals surface area (Å²) in [6.07, 6.45) is 1.52. The Morgan fingerprint density at radius 2 is 1.85 bits per heavy atom. The van der Waals surface area contributed by atoms with Crippen LogP contribution < -0.4 is 16.7 Å².